The van der Waals surface area contributed by atoms with Crippen molar-refractivity contribution in [3.63, 3.8) is 0 Å². The predicted octanol–water partition coefficient (Wildman–Crippen LogP) is 15.9. The van der Waals surface area contributed by atoms with Gasteiger partial charge in [0.05, 0.1) is 0 Å². The second-order valence-corrected chi connectivity index (χ2v) is 15.8. The first-order valence-electron chi connectivity index (χ1n) is 17.1. The molecule has 10 rings (SSSR count). The van der Waals surface area contributed by atoms with E-state index in [-0.39, 0.29) is 10.8 Å². The van der Waals surface area contributed by atoms with Crippen LogP contribution < -0.4 is 0 Å². The maximum atomic E-state index is 14.9. The molecule has 0 bridgehead atoms. The smallest absolute Gasteiger partial charge is 0.311 e. The lowest BCUT2D eigenvalue weighted by Gasteiger charge is -2.42. The fourth-order valence-electron chi connectivity index (χ4n) is 8.38. The molecule has 0 saturated carbocycles. The minimum Gasteiger partial charge on any atom is -0.455 e. The second kappa shape index (κ2) is 10.5. The van der Waals surface area contributed by atoms with Gasteiger partial charge in [-0.25, -0.2) is 0 Å². The average Bonchev–Trinajstić information content (AvgIpc) is 3.55. The highest BCUT2D eigenvalue weighted by Crippen LogP contribution is 3.03. The molecule has 10 aromatic rings. The fourth-order valence-corrected chi connectivity index (χ4v) is 9.57. The van der Waals surface area contributed by atoms with Crippen molar-refractivity contribution >= 4 is 75.3 Å². The van der Waals surface area contributed by atoms with Gasteiger partial charge in [0.15, 0.2) is 0 Å². The van der Waals surface area contributed by atoms with Crippen molar-refractivity contribution in [3.8, 4) is 33.4 Å². The zero-order valence-electron chi connectivity index (χ0n) is 27.8. The number of para-hydroxylation sites is 1. The Kier molecular flexibility index (Phi) is 6.22. The minimum absolute atomic E-state index is 0.0842. The van der Waals surface area contributed by atoms with Crippen molar-refractivity contribution in [1.29, 1.82) is 0 Å². The van der Waals surface area contributed by atoms with Crippen LogP contribution in [0.15, 0.2) is 173 Å². The quantitative estimate of drug-likeness (QED) is 0.130. The lowest BCUT2D eigenvalue weighted by atomic mass is 9.85. The van der Waals surface area contributed by atoms with Crippen molar-refractivity contribution in [2.75, 3.05) is 0 Å². The first-order valence-corrected chi connectivity index (χ1v) is 19.0. The zero-order chi connectivity index (χ0) is 36.2. The summed E-state index contributed by atoms with van der Waals surface area (Å²) in [5.74, 6) is 0. The Morgan fingerprint density at radius 2 is 0.736 bits per heavy atom. The second-order valence-electron chi connectivity index (χ2n) is 13.4. The molecule has 0 aliphatic rings. The summed E-state index contributed by atoms with van der Waals surface area (Å²) >= 11 is 0. The molecule has 1 heterocycles. The average molecular weight is 723 g/mol. The Morgan fingerprint density at radius 3 is 1.26 bits per heavy atom. The molecule has 0 radical (unpaired) electrons. The van der Waals surface area contributed by atoms with Gasteiger partial charge < -0.3 is 4.42 Å². The molecule has 0 atom stereocenters. The van der Waals surface area contributed by atoms with Crippen LogP contribution in [0.4, 0.5) is 19.4 Å². The van der Waals surface area contributed by atoms with Crippen LogP contribution in [0.1, 0.15) is 0 Å². The van der Waals surface area contributed by atoms with Gasteiger partial charge in [-0.05, 0) is 60.6 Å². The normalized spacial score (nSPS) is 13.7. The summed E-state index contributed by atoms with van der Waals surface area (Å²) in [6.45, 7) is 0. The Hall–Kier alpha value is -6.18. The molecule has 53 heavy (non-hydrogen) atoms. The van der Waals surface area contributed by atoms with E-state index in [1.165, 1.54) is 24.3 Å². The van der Waals surface area contributed by atoms with Gasteiger partial charge in [-0.15, -0.1) is 0 Å². The molecule has 0 aliphatic heterocycles. The molecule has 0 N–H and O–H groups in total. The van der Waals surface area contributed by atoms with Crippen LogP contribution in [0, 0.1) is 0 Å². The molecule has 0 spiro atoms. The van der Waals surface area contributed by atoms with E-state index in [2.05, 4.69) is 36.4 Å². The number of rotatable bonds is 4. The Morgan fingerprint density at radius 1 is 0.340 bits per heavy atom. The fraction of sp³-hybridized carbons (Fsp3) is 0. The van der Waals surface area contributed by atoms with Gasteiger partial charge in [0.2, 0.25) is 0 Å². The third kappa shape index (κ3) is 4.77. The van der Waals surface area contributed by atoms with Gasteiger partial charge >= 0.3 is 10.2 Å². The summed E-state index contributed by atoms with van der Waals surface area (Å²) in [7, 11) is -10.2. The van der Waals surface area contributed by atoms with Gasteiger partial charge in [-0.2, -0.15) is 0 Å². The lowest BCUT2D eigenvalue weighted by molar-refractivity contribution is 0.367. The molecule has 7 heteroatoms. The highest BCUT2D eigenvalue weighted by atomic mass is 32.5. The van der Waals surface area contributed by atoms with Crippen LogP contribution in [0.3, 0.4) is 0 Å². The van der Waals surface area contributed by atoms with E-state index in [9.17, 15) is 19.4 Å². The minimum atomic E-state index is -10.2. The molecule has 9 aromatic carbocycles. The topological polar surface area (TPSA) is 13.1 Å². The van der Waals surface area contributed by atoms with Gasteiger partial charge in [0, 0.05) is 32.7 Å². The SMILES string of the molecule is FS(F)(F)(F)(F)c1c2ccccc2c(-c2cccc3oc4c(-c5c6ccccc6c(-c6ccccc6)c6ccccc56)cccc4c23)c2ccccc12. The zero-order valence-corrected chi connectivity index (χ0v) is 28.6. The molecule has 0 saturated heterocycles. The summed E-state index contributed by atoms with van der Waals surface area (Å²) < 4.78 is 81.2. The van der Waals surface area contributed by atoms with E-state index >= 15 is 0 Å². The van der Waals surface area contributed by atoms with E-state index in [1.807, 2.05) is 72.8 Å². The van der Waals surface area contributed by atoms with Crippen LogP contribution >= 0.6 is 10.2 Å². The number of hydrogen-bond donors (Lipinski definition) is 0. The molecular weight excluding hydrogens is 696 g/mol. The number of halogens is 5. The van der Waals surface area contributed by atoms with E-state index < -0.39 is 25.9 Å². The van der Waals surface area contributed by atoms with Crippen LogP contribution in [-0.4, -0.2) is 0 Å². The monoisotopic (exact) mass is 722 g/mol. The summed E-state index contributed by atoms with van der Waals surface area (Å²) in [5, 5.41) is 4.80. The Balaban J connectivity index is 1.33. The summed E-state index contributed by atoms with van der Waals surface area (Å²) in [5.41, 5.74) is 6.28. The number of fused-ring (bicyclic) bond motifs is 7. The van der Waals surface area contributed by atoms with Gasteiger partial charge in [0.25, 0.3) is 0 Å². The largest absolute Gasteiger partial charge is 0.455 e. The van der Waals surface area contributed by atoms with E-state index in [1.54, 1.807) is 18.2 Å². The maximum Gasteiger partial charge on any atom is 0.311 e. The Labute approximate surface area is 300 Å². The van der Waals surface area contributed by atoms with Crippen LogP contribution in [0.5, 0.6) is 0 Å². The molecule has 1 aromatic heterocycles. The first kappa shape index (κ1) is 31.5. The number of hydrogen-bond acceptors (Lipinski definition) is 1. The van der Waals surface area contributed by atoms with Gasteiger partial charge in [-0.1, -0.05) is 177 Å². The first-order chi connectivity index (χ1) is 25.5. The van der Waals surface area contributed by atoms with Crippen molar-refractivity contribution in [3.05, 3.63) is 164 Å². The highest BCUT2D eigenvalue weighted by molar-refractivity contribution is 8.46. The van der Waals surface area contributed by atoms with Crippen molar-refractivity contribution in [2.24, 2.45) is 0 Å². The van der Waals surface area contributed by atoms with Gasteiger partial charge in [0.1, 0.15) is 16.1 Å². The maximum absolute atomic E-state index is 14.9. The molecule has 0 unspecified atom stereocenters. The highest BCUT2D eigenvalue weighted by Gasteiger charge is 2.67. The molecule has 0 fully saturated rings. The van der Waals surface area contributed by atoms with Crippen LogP contribution in [-0.2, 0) is 0 Å². The van der Waals surface area contributed by atoms with Crippen molar-refractivity contribution in [1.82, 2.24) is 0 Å². The third-order valence-corrected chi connectivity index (χ3v) is 11.5. The molecular formula is C46H27F5OS. The standard InChI is InChI=1S/C46H27F5OS/c47-53(48,49,50,51)46-35-22-10-8-20-33(35)42(34-21-9-11-23-36(34)46)37-24-13-27-40-44(37)39-26-12-25-38(45(39)52-40)43-31-18-6-4-16-29(31)41(28-14-2-1-3-15-28)30-17-5-7-19-32(30)43/h1-27H. The number of furan rings is 1. The van der Waals surface area contributed by atoms with Crippen molar-refractivity contribution < 1.29 is 23.8 Å². The molecule has 258 valence electrons. The van der Waals surface area contributed by atoms with E-state index in [0.29, 0.717) is 27.7 Å². The van der Waals surface area contributed by atoms with Gasteiger partial charge in [-0.3, -0.25) is 0 Å². The third-order valence-electron chi connectivity index (χ3n) is 10.3. The molecule has 0 amide bonds. The van der Waals surface area contributed by atoms with Crippen LogP contribution in [0.2, 0.25) is 0 Å². The summed E-state index contributed by atoms with van der Waals surface area (Å²) in [4.78, 5) is -1.86. The Bertz CT molecular complexity index is 3040. The predicted molar refractivity (Wildman–Crippen MR) is 211 cm³/mol. The van der Waals surface area contributed by atoms with Crippen molar-refractivity contribution in [2.45, 2.75) is 4.90 Å². The number of benzene rings is 9. The van der Waals surface area contributed by atoms with E-state index in [0.717, 1.165) is 61.3 Å². The summed E-state index contributed by atoms with van der Waals surface area (Å²) in [6, 6.07) is 49.5. The lowest BCUT2D eigenvalue weighted by Crippen LogP contribution is -2.08. The van der Waals surface area contributed by atoms with Crippen LogP contribution in [0.25, 0.3) is 98.4 Å². The molecule has 1 nitrogen and oxygen atoms in total. The summed E-state index contributed by atoms with van der Waals surface area (Å²) in [6.07, 6.45) is 0. The molecule has 0 aliphatic carbocycles. The van der Waals surface area contributed by atoms with E-state index in [4.69, 9.17) is 4.42 Å².